The number of likely N-dealkylation sites (N-methyl/N-ethyl adjacent to an activating group) is 1. The predicted octanol–water partition coefficient (Wildman–Crippen LogP) is 5.07. The second-order valence-corrected chi connectivity index (χ2v) is 11.7. The van der Waals surface area contributed by atoms with Crippen LogP contribution in [0.4, 0.5) is 11.4 Å². The van der Waals surface area contributed by atoms with E-state index in [9.17, 15) is 24.0 Å². The largest absolute Gasteiger partial charge is 0.333 e. The average Bonchev–Trinajstić information content (AvgIpc) is 3.39. The Balaban J connectivity index is 1.72. The summed E-state index contributed by atoms with van der Waals surface area (Å²) in [5.41, 5.74) is 6.79. The minimum atomic E-state index is -0.797. The zero-order valence-electron chi connectivity index (χ0n) is 25.2. The number of nitrogens with zero attached hydrogens (tertiary/aromatic N) is 3. The quantitative estimate of drug-likeness (QED) is 0.423. The molecule has 0 N–H and O–H groups in total. The molecule has 8 nitrogen and oxygen atoms in total. The maximum Gasteiger partial charge on any atom is 0.258 e. The number of anilines is 2. The number of carbonyl (C=O) groups excluding carboxylic acids is 5. The van der Waals surface area contributed by atoms with E-state index in [2.05, 4.69) is 12.1 Å². The number of rotatable bonds is 8. The van der Waals surface area contributed by atoms with Gasteiger partial charge in [-0.15, -0.1) is 0 Å². The molecule has 1 atom stereocenters. The normalized spacial score (nSPS) is 17.2. The Hall–Kier alpha value is -4.07. The number of aryl methyl sites for hydroxylation is 2. The second kappa shape index (κ2) is 11.4. The van der Waals surface area contributed by atoms with Crippen LogP contribution in [0.5, 0.6) is 0 Å². The van der Waals surface area contributed by atoms with Crippen LogP contribution in [-0.4, -0.2) is 47.5 Å². The fraction of sp³-hybridized carbons (Fsp3) is 0.424. The molecule has 0 aliphatic carbocycles. The molecule has 1 unspecified atom stereocenters. The first-order chi connectivity index (χ1) is 19.3. The van der Waals surface area contributed by atoms with E-state index in [1.165, 1.54) is 26.9 Å². The smallest absolute Gasteiger partial charge is 0.258 e. The molecule has 2 aliphatic rings. The predicted molar refractivity (Wildman–Crippen MR) is 159 cm³/mol. The maximum atomic E-state index is 13.5. The van der Waals surface area contributed by atoms with Crippen molar-refractivity contribution >= 4 is 40.9 Å². The monoisotopic (exact) mass is 557 g/mol. The van der Waals surface area contributed by atoms with Crippen LogP contribution >= 0.6 is 0 Å². The molecule has 41 heavy (non-hydrogen) atoms. The summed E-state index contributed by atoms with van der Waals surface area (Å²) in [4.78, 5) is 67.7. The molecule has 0 bridgehead atoms. The standard InChI is InChI=1S/C33H39N3O5/c1-9-27(37)34(8)26-17-30(40)36(33(26)41)32-21(7)13-23(16-25(32)19(4)5)14-22-12-20(6)31(24(15-22)18(2)3)35-28(38)10-11-29(35)39/h10-13,15-16,18-19,26H,9,14,17H2,1-8H3. The van der Waals surface area contributed by atoms with Gasteiger partial charge >= 0.3 is 0 Å². The van der Waals surface area contributed by atoms with Crippen LogP contribution in [0.1, 0.15) is 92.7 Å². The van der Waals surface area contributed by atoms with Gasteiger partial charge in [0, 0.05) is 25.6 Å². The minimum absolute atomic E-state index is 0.0268. The summed E-state index contributed by atoms with van der Waals surface area (Å²) < 4.78 is 0. The van der Waals surface area contributed by atoms with Gasteiger partial charge in [0.15, 0.2) is 0 Å². The maximum absolute atomic E-state index is 13.5. The number of benzene rings is 2. The van der Waals surface area contributed by atoms with E-state index in [1.807, 2.05) is 53.7 Å². The van der Waals surface area contributed by atoms with E-state index in [4.69, 9.17) is 0 Å². The fourth-order valence-electron chi connectivity index (χ4n) is 5.90. The highest BCUT2D eigenvalue weighted by atomic mass is 16.2. The molecular formula is C33H39N3O5. The van der Waals surface area contributed by atoms with Crippen molar-refractivity contribution in [3.63, 3.8) is 0 Å². The molecule has 216 valence electrons. The lowest BCUT2D eigenvalue weighted by Crippen LogP contribution is -2.43. The zero-order valence-corrected chi connectivity index (χ0v) is 25.2. The Bertz CT molecular complexity index is 1470. The molecule has 1 fully saturated rings. The van der Waals surface area contributed by atoms with Gasteiger partial charge < -0.3 is 4.90 Å². The first-order valence-corrected chi connectivity index (χ1v) is 14.2. The molecular weight excluding hydrogens is 518 g/mol. The SMILES string of the molecule is CCC(=O)N(C)C1CC(=O)N(c2c(C)cc(Cc3cc(C)c(N4C(=O)C=CC4=O)c(C(C)C)c3)cc2C(C)C)C1=O. The molecule has 5 amide bonds. The fourth-order valence-corrected chi connectivity index (χ4v) is 5.90. The van der Waals surface area contributed by atoms with Crippen LogP contribution in [0, 0.1) is 13.8 Å². The van der Waals surface area contributed by atoms with Gasteiger partial charge in [-0.1, -0.05) is 58.9 Å². The average molecular weight is 558 g/mol. The van der Waals surface area contributed by atoms with E-state index < -0.39 is 6.04 Å². The highest BCUT2D eigenvalue weighted by Gasteiger charge is 2.44. The van der Waals surface area contributed by atoms with Gasteiger partial charge in [0.1, 0.15) is 6.04 Å². The van der Waals surface area contributed by atoms with E-state index in [-0.39, 0.29) is 54.2 Å². The molecule has 2 heterocycles. The van der Waals surface area contributed by atoms with Crippen LogP contribution in [0.3, 0.4) is 0 Å². The van der Waals surface area contributed by atoms with Gasteiger partial charge in [-0.2, -0.15) is 0 Å². The van der Waals surface area contributed by atoms with Crippen molar-refractivity contribution in [2.75, 3.05) is 16.8 Å². The summed E-state index contributed by atoms with van der Waals surface area (Å²) in [6, 6.07) is 7.33. The Morgan fingerprint density at radius 2 is 1.29 bits per heavy atom. The van der Waals surface area contributed by atoms with E-state index in [0.29, 0.717) is 17.8 Å². The minimum Gasteiger partial charge on any atom is -0.333 e. The van der Waals surface area contributed by atoms with Crippen molar-refractivity contribution < 1.29 is 24.0 Å². The molecule has 8 heteroatoms. The van der Waals surface area contributed by atoms with Crippen molar-refractivity contribution in [3.8, 4) is 0 Å². The lowest BCUT2D eigenvalue weighted by Gasteiger charge is -2.26. The van der Waals surface area contributed by atoms with Gasteiger partial charge in [-0.05, 0) is 65.5 Å². The number of carbonyl (C=O) groups is 5. The lowest BCUT2D eigenvalue weighted by molar-refractivity contribution is -0.136. The second-order valence-electron chi connectivity index (χ2n) is 11.7. The van der Waals surface area contributed by atoms with Crippen LogP contribution in [0.25, 0.3) is 0 Å². The first kappa shape index (κ1) is 29.9. The molecule has 2 aromatic rings. The lowest BCUT2D eigenvalue weighted by atomic mass is 9.89. The van der Waals surface area contributed by atoms with Crippen LogP contribution < -0.4 is 9.80 Å². The van der Waals surface area contributed by atoms with Crippen molar-refractivity contribution in [1.29, 1.82) is 0 Å². The molecule has 0 spiro atoms. The van der Waals surface area contributed by atoms with Crippen molar-refractivity contribution in [2.45, 2.75) is 85.6 Å². The first-order valence-electron chi connectivity index (χ1n) is 14.2. The number of hydrogen-bond acceptors (Lipinski definition) is 5. The summed E-state index contributed by atoms with van der Waals surface area (Å²) >= 11 is 0. The van der Waals surface area contributed by atoms with Crippen LogP contribution in [0.15, 0.2) is 36.4 Å². The molecule has 4 rings (SSSR count). The topological polar surface area (TPSA) is 95.1 Å². The van der Waals surface area contributed by atoms with Crippen molar-refractivity contribution in [2.24, 2.45) is 0 Å². The van der Waals surface area contributed by atoms with Crippen LogP contribution in [-0.2, 0) is 30.4 Å². The number of amides is 5. The molecule has 0 saturated carbocycles. The number of hydrogen-bond donors (Lipinski definition) is 0. The Kier molecular flexibility index (Phi) is 8.34. The van der Waals surface area contributed by atoms with Crippen LogP contribution in [0.2, 0.25) is 0 Å². The van der Waals surface area contributed by atoms with Gasteiger partial charge in [0.05, 0.1) is 17.8 Å². The van der Waals surface area contributed by atoms with Crippen molar-refractivity contribution in [3.05, 3.63) is 69.8 Å². The summed E-state index contributed by atoms with van der Waals surface area (Å²) in [7, 11) is 1.58. The number of imide groups is 2. The van der Waals surface area contributed by atoms with Gasteiger partial charge in [-0.3, -0.25) is 24.0 Å². The summed E-state index contributed by atoms with van der Waals surface area (Å²) in [5.74, 6) is -1.40. The van der Waals surface area contributed by atoms with E-state index in [0.717, 1.165) is 33.4 Å². The van der Waals surface area contributed by atoms with Gasteiger partial charge in [0.25, 0.3) is 17.7 Å². The third-order valence-corrected chi connectivity index (χ3v) is 7.97. The Morgan fingerprint density at radius 1 is 0.829 bits per heavy atom. The zero-order chi connectivity index (χ0) is 30.3. The highest BCUT2D eigenvalue weighted by molar-refractivity contribution is 6.28. The van der Waals surface area contributed by atoms with Crippen molar-refractivity contribution in [1.82, 2.24) is 4.90 Å². The third kappa shape index (κ3) is 5.47. The van der Waals surface area contributed by atoms with E-state index >= 15 is 0 Å². The van der Waals surface area contributed by atoms with E-state index in [1.54, 1.807) is 14.0 Å². The highest BCUT2D eigenvalue weighted by Crippen LogP contribution is 2.38. The Morgan fingerprint density at radius 3 is 1.73 bits per heavy atom. The third-order valence-electron chi connectivity index (χ3n) is 7.97. The summed E-state index contributed by atoms with van der Waals surface area (Å²) in [5, 5.41) is 0. The molecule has 2 aliphatic heterocycles. The summed E-state index contributed by atoms with van der Waals surface area (Å²) in [6.45, 7) is 13.7. The molecule has 0 radical (unpaired) electrons. The molecule has 2 aromatic carbocycles. The Labute approximate surface area is 242 Å². The molecule has 0 aromatic heterocycles. The van der Waals surface area contributed by atoms with Gasteiger partial charge in [-0.25, -0.2) is 9.80 Å². The summed E-state index contributed by atoms with van der Waals surface area (Å²) in [6.07, 6.45) is 3.44. The van der Waals surface area contributed by atoms with Gasteiger partial charge in [0.2, 0.25) is 11.8 Å². The molecule has 1 saturated heterocycles.